The van der Waals surface area contributed by atoms with Gasteiger partial charge in [-0.05, 0) is 60.0 Å². The fourth-order valence-corrected chi connectivity index (χ4v) is 3.08. The van der Waals surface area contributed by atoms with Crippen LogP contribution in [-0.4, -0.2) is 15.8 Å². The van der Waals surface area contributed by atoms with Crippen LogP contribution in [0.3, 0.4) is 0 Å². The molecule has 0 aliphatic heterocycles. The molecule has 4 rings (SSSR count). The number of pyridine rings is 1. The third-order valence-corrected chi connectivity index (χ3v) is 4.57. The van der Waals surface area contributed by atoms with Crippen LogP contribution >= 0.6 is 0 Å². The number of carbonyl (C=O) groups excluding carboxylic acids is 1. The molecule has 2 aromatic heterocycles. The van der Waals surface area contributed by atoms with Crippen molar-refractivity contribution in [2.24, 2.45) is 0 Å². The van der Waals surface area contributed by atoms with Crippen molar-refractivity contribution in [3.63, 3.8) is 0 Å². The highest BCUT2D eigenvalue weighted by molar-refractivity contribution is 6.02. The maximum absolute atomic E-state index is 12.5. The number of carbonyl (C=O) groups is 1. The van der Waals surface area contributed by atoms with Crippen LogP contribution in [-0.2, 0) is 6.42 Å². The fraction of sp³-hybridized carbons (Fsp3) is 0.0435. The Hall–Kier alpha value is -4.26. The van der Waals surface area contributed by atoms with E-state index in [0.717, 1.165) is 17.5 Å². The highest BCUT2D eigenvalue weighted by atomic mass is 16.6. The highest BCUT2D eigenvalue weighted by Gasteiger charge is 2.19. The average molecular weight is 399 g/mol. The number of anilines is 1. The first kappa shape index (κ1) is 19.1. The summed E-state index contributed by atoms with van der Waals surface area (Å²) >= 11 is 0. The van der Waals surface area contributed by atoms with Crippen LogP contribution in [0.2, 0.25) is 0 Å². The molecule has 0 fully saturated rings. The van der Waals surface area contributed by atoms with Crippen molar-refractivity contribution in [1.29, 1.82) is 0 Å². The topological polar surface area (TPSA) is 98.3 Å². The molecule has 0 saturated heterocycles. The summed E-state index contributed by atoms with van der Waals surface area (Å²) in [5.74, 6) is -0.0918. The van der Waals surface area contributed by atoms with E-state index < -0.39 is 10.8 Å². The lowest BCUT2D eigenvalue weighted by Gasteiger charge is -2.06. The van der Waals surface area contributed by atoms with Crippen LogP contribution in [0, 0.1) is 10.1 Å². The summed E-state index contributed by atoms with van der Waals surface area (Å²) in [4.78, 5) is 27.2. The van der Waals surface area contributed by atoms with E-state index in [-0.39, 0.29) is 17.2 Å². The zero-order chi connectivity index (χ0) is 20.9. The van der Waals surface area contributed by atoms with Crippen LogP contribution in [0.15, 0.2) is 89.6 Å². The van der Waals surface area contributed by atoms with Crippen LogP contribution in [0.1, 0.15) is 21.7 Å². The largest absolute Gasteiger partial charge is 0.451 e. The number of aromatic nitrogens is 1. The van der Waals surface area contributed by atoms with E-state index in [2.05, 4.69) is 10.3 Å². The van der Waals surface area contributed by atoms with Gasteiger partial charge < -0.3 is 9.73 Å². The van der Waals surface area contributed by atoms with Gasteiger partial charge in [-0.2, -0.15) is 0 Å². The Morgan fingerprint density at radius 3 is 2.37 bits per heavy atom. The number of furan rings is 1. The maximum Gasteiger partial charge on any atom is 0.291 e. The Morgan fingerprint density at radius 1 is 0.933 bits per heavy atom. The molecule has 0 spiro atoms. The number of hydrogen-bond donors (Lipinski definition) is 1. The van der Waals surface area contributed by atoms with E-state index in [1.165, 1.54) is 12.1 Å². The molecular formula is C23H17N3O4. The van der Waals surface area contributed by atoms with Crippen molar-refractivity contribution >= 4 is 17.3 Å². The lowest BCUT2D eigenvalue weighted by Crippen LogP contribution is -2.10. The van der Waals surface area contributed by atoms with E-state index in [9.17, 15) is 14.9 Å². The number of nitro benzene ring substituents is 1. The molecule has 0 saturated carbocycles. The SMILES string of the molecule is O=C(Nc1ccc(Cc2ccncc2)cc1)c1ccc(-c2ccccc2[N+](=O)[O-])o1. The lowest BCUT2D eigenvalue weighted by molar-refractivity contribution is -0.384. The molecule has 0 radical (unpaired) electrons. The second-order valence-corrected chi connectivity index (χ2v) is 6.62. The minimum Gasteiger partial charge on any atom is -0.451 e. The molecule has 1 N–H and O–H groups in total. The molecule has 30 heavy (non-hydrogen) atoms. The first-order chi connectivity index (χ1) is 14.6. The third-order valence-electron chi connectivity index (χ3n) is 4.57. The van der Waals surface area contributed by atoms with Gasteiger partial charge in [0.25, 0.3) is 11.6 Å². The smallest absolute Gasteiger partial charge is 0.291 e. The zero-order valence-electron chi connectivity index (χ0n) is 15.8. The van der Waals surface area contributed by atoms with Gasteiger partial charge >= 0.3 is 0 Å². The van der Waals surface area contributed by atoms with Crippen molar-refractivity contribution in [3.05, 3.63) is 112 Å². The Bertz CT molecular complexity index is 1180. The summed E-state index contributed by atoms with van der Waals surface area (Å²) in [6.45, 7) is 0. The van der Waals surface area contributed by atoms with Crippen molar-refractivity contribution < 1.29 is 14.1 Å². The van der Waals surface area contributed by atoms with E-state index >= 15 is 0 Å². The molecule has 2 heterocycles. The quantitative estimate of drug-likeness (QED) is 0.360. The van der Waals surface area contributed by atoms with Gasteiger partial charge in [0.05, 0.1) is 10.5 Å². The molecule has 0 unspecified atom stereocenters. The van der Waals surface area contributed by atoms with E-state index in [1.807, 2.05) is 36.4 Å². The number of nitrogens with zero attached hydrogens (tertiary/aromatic N) is 2. The number of para-hydroxylation sites is 1. The summed E-state index contributed by atoms with van der Waals surface area (Å²) in [7, 11) is 0. The highest BCUT2D eigenvalue weighted by Crippen LogP contribution is 2.31. The number of hydrogen-bond acceptors (Lipinski definition) is 5. The average Bonchev–Trinajstić information content (AvgIpc) is 3.26. The number of nitrogens with one attached hydrogen (secondary N) is 1. The predicted octanol–water partition coefficient (Wildman–Crippen LogP) is 5.09. The van der Waals surface area contributed by atoms with Gasteiger partial charge in [-0.15, -0.1) is 0 Å². The van der Waals surface area contributed by atoms with Crippen LogP contribution < -0.4 is 5.32 Å². The van der Waals surface area contributed by atoms with Gasteiger partial charge in [-0.25, -0.2) is 0 Å². The number of amides is 1. The Kier molecular flexibility index (Phi) is 5.34. The van der Waals surface area contributed by atoms with E-state index in [1.54, 1.807) is 36.7 Å². The van der Waals surface area contributed by atoms with Crippen molar-refractivity contribution in [2.45, 2.75) is 6.42 Å². The molecule has 0 aliphatic carbocycles. The van der Waals surface area contributed by atoms with Crippen molar-refractivity contribution in [3.8, 4) is 11.3 Å². The monoisotopic (exact) mass is 399 g/mol. The molecular weight excluding hydrogens is 382 g/mol. The molecule has 0 atom stereocenters. The van der Waals surface area contributed by atoms with Crippen LogP contribution in [0.5, 0.6) is 0 Å². The van der Waals surface area contributed by atoms with Gasteiger partial charge in [0.2, 0.25) is 0 Å². The van der Waals surface area contributed by atoms with Crippen LogP contribution in [0.4, 0.5) is 11.4 Å². The van der Waals surface area contributed by atoms with Gasteiger partial charge in [0.1, 0.15) is 5.76 Å². The van der Waals surface area contributed by atoms with Gasteiger partial charge in [0.15, 0.2) is 5.76 Å². The zero-order valence-corrected chi connectivity index (χ0v) is 15.8. The predicted molar refractivity (Wildman–Crippen MR) is 112 cm³/mol. The standard InChI is InChI=1S/C23H17N3O4/c27-23(22-10-9-21(30-22)19-3-1-2-4-20(19)26(28)29)25-18-7-5-16(6-8-18)15-17-11-13-24-14-12-17/h1-14H,15H2,(H,25,27). The minimum atomic E-state index is -0.481. The van der Waals surface area contributed by atoms with Crippen molar-refractivity contribution in [1.82, 2.24) is 4.98 Å². The maximum atomic E-state index is 12.5. The van der Waals surface area contributed by atoms with Gasteiger partial charge in [-0.3, -0.25) is 19.9 Å². The number of rotatable bonds is 6. The molecule has 7 nitrogen and oxygen atoms in total. The molecule has 7 heteroatoms. The molecule has 1 amide bonds. The summed E-state index contributed by atoms with van der Waals surface area (Å²) < 4.78 is 5.57. The van der Waals surface area contributed by atoms with E-state index in [4.69, 9.17) is 4.42 Å². The lowest BCUT2D eigenvalue weighted by atomic mass is 10.1. The van der Waals surface area contributed by atoms with Gasteiger partial charge in [0, 0.05) is 24.1 Å². The molecule has 0 bridgehead atoms. The summed E-state index contributed by atoms with van der Waals surface area (Å²) in [6, 6.07) is 20.7. The molecule has 148 valence electrons. The molecule has 0 aliphatic rings. The van der Waals surface area contributed by atoms with Crippen molar-refractivity contribution in [2.75, 3.05) is 5.32 Å². The second kappa shape index (κ2) is 8.40. The summed E-state index contributed by atoms with van der Waals surface area (Å²) in [6.07, 6.45) is 4.28. The molecule has 4 aromatic rings. The Morgan fingerprint density at radius 2 is 1.63 bits per heavy atom. The molecule has 2 aromatic carbocycles. The Labute approximate surface area is 172 Å². The summed E-state index contributed by atoms with van der Waals surface area (Å²) in [5, 5.41) is 14.0. The number of nitro groups is 1. The normalized spacial score (nSPS) is 10.5. The van der Waals surface area contributed by atoms with E-state index in [0.29, 0.717) is 11.3 Å². The minimum absolute atomic E-state index is 0.0732. The van der Waals surface area contributed by atoms with Gasteiger partial charge in [-0.1, -0.05) is 24.3 Å². The first-order valence-corrected chi connectivity index (χ1v) is 9.23. The third kappa shape index (κ3) is 4.25. The van der Waals surface area contributed by atoms with Crippen LogP contribution in [0.25, 0.3) is 11.3 Å². The Balaban J connectivity index is 1.46. The second-order valence-electron chi connectivity index (χ2n) is 6.62. The number of benzene rings is 2. The fourth-order valence-electron chi connectivity index (χ4n) is 3.08. The summed E-state index contributed by atoms with van der Waals surface area (Å²) in [5.41, 5.74) is 3.13. The first-order valence-electron chi connectivity index (χ1n) is 9.23.